The van der Waals surface area contributed by atoms with Gasteiger partial charge in [0.05, 0.1) is 6.04 Å². The van der Waals surface area contributed by atoms with Gasteiger partial charge in [0.25, 0.3) is 5.91 Å². The number of benzene rings is 1. The molecule has 156 valence electrons. The lowest BCUT2D eigenvalue weighted by Crippen LogP contribution is -2.46. The Hall–Kier alpha value is -2.41. The third-order valence-corrected chi connectivity index (χ3v) is 6.07. The van der Waals surface area contributed by atoms with Crippen LogP contribution in [0.3, 0.4) is 0 Å². The van der Waals surface area contributed by atoms with Crippen molar-refractivity contribution in [2.24, 2.45) is 11.8 Å². The van der Waals surface area contributed by atoms with Crippen molar-refractivity contribution in [1.29, 1.82) is 0 Å². The van der Waals surface area contributed by atoms with Gasteiger partial charge in [-0.3, -0.25) is 14.4 Å². The van der Waals surface area contributed by atoms with Crippen LogP contribution in [0, 0.1) is 11.8 Å². The van der Waals surface area contributed by atoms with E-state index in [4.69, 9.17) is 0 Å². The molecule has 2 aliphatic heterocycles. The molecule has 3 amide bonds. The number of carbonyl (C=O) groups is 3. The van der Waals surface area contributed by atoms with E-state index in [2.05, 4.69) is 16.0 Å². The minimum absolute atomic E-state index is 0.0130. The predicted octanol–water partition coefficient (Wildman–Crippen LogP) is 1.76. The molecule has 7 heteroatoms. The molecule has 1 aromatic carbocycles. The molecule has 1 aromatic rings. The monoisotopic (exact) mass is 398 g/mol. The number of hydrogen-bond acceptors (Lipinski definition) is 4. The van der Waals surface area contributed by atoms with Crippen LogP contribution in [0.2, 0.25) is 0 Å². The number of anilines is 1. The fraction of sp³-hybridized carbons (Fsp3) is 0.591. The zero-order chi connectivity index (χ0) is 20.2. The van der Waals surface area contributed by atoms with Crippen LogP contribution >= 0.6 is 0 Å². The van der Waals surface area contributed by atoms with Gasteiger partial charge in [0.1, 0.15) is 0 Å². The van der Waals surface area contributed by atoms with Crippen molar-refractivity contribution >= 4 is 23.4 Å². The first-order valence-corrected chi connectivity index (χ1v) is 10.8. The van der Waals surface area contributed by atoms with E-state index in [0.717, 1.165) is 51.6 Å². The number of rotatable bonds is 6. The zero-order valence-electron chi connectivity index (χ0n) is 16.8. The van der Waals surface area contributed by atoms with Crippen molar-refractivity contribution in [3.63, 3.8) is 0 Å². The van der Waals surface area contributed by atoms with E-state index in [1.54, 1.807) is 12.1 Å². The molecular weight excluding hydrogens is 368 g/mol. The van der Waals surface area contributed by atoms with Crippen molar-refractivity contribution in [3.8, 4) is 0 Å². The van der Waals surface area contributed by atoms with Gasteiger partial charge in [-0.15, -0.1) is 0 Å². The molecule has 2 saturated heterocycles. The van der Waals surface area contributed by atoms with Gasteiger partial charge in [0.15, 0.2) is 0 Å². The lowest BCUT2D eigenvalue weighted by molar-refractivity contribution is -0.123. The molecule has 2 atom stereocenters. The molecule has 2 heterocycles. The second kappa shape index (κ2) is 8.95. The highest BCUT2D eigenvalue weighted by Gasteiger charge is 2.30. The highest BCUT2D eigenvalue weighted by Crippen LogP contribution is 2.30. The van der Waals surface area contributed by atoms with Crippen molar-refractivity contribution in [2.45, 2.75) is 44.6 Å². The summed E-state index contributed by atoms with van der Waals surface area (Å²) in [7, 11) is 0. The van der Waals surface area contributed by atoms with Gasteiger partial charge in [-0.2, -0.15) is 0 Å². The van der Waals surface area contributed by atoms with E-state index in [-0.39, 0.29) is 35.6 Å². The van der Waals surface area contributed by atoms with Crippen LogP contribution in [0.4, 0.5) is 5.69 Å². The SMILES string of the molecule is O=C(Nc1cccc(C(=O)N2CCCC(CNC(=O)C3CCCN3)C2)c1)C1CC1. The Kier molecular flexibility index (Phi) is 6.13. The number of piperidine rings is 1. The molecule has 1 aliphatic carbocycles. The molecule has 3 aliphatic rings. The van der Waals surface area contributed by atoms with Gasteiger partial charge >= 0.3 is 0 Å². The van der Waals surface area contributed by atoms with Crippen LogP contribution < -0.4 is 16.0 Å². The molecule has 3 N–H and O–H groups in total. The summed E-state index contributed by atoms with van der Waals surface area (Å²) in [4.78, 5) is 39.1. The molecule has 1 saturated carbocycles. The average molecular weight is 399 g/mol. The number of nitrogens with zero attached hydrogens (tertiary/aromatic N) is 1. The van der Waals surface area contributed by atoms with E-state index in [1.807, 2.05) is 17.0 Å². The summed E-state index contributed by atoms with van der Waals surface area (Å²) in [5.74, 6) is 0.508. The number of carbonyl (C=O) groups excluding carboxylic acids is 3. The van der Waals surface area contributed by atoms with Crippen LogP contribution in [0.1, 0.15) is 48.9 Å². The molecule has 3 fully saturated rings. The first kappa shape index (κ1) is 19.9. The molecule has 7 nitrogen and oxygen atoms in total. The number of nitrogens with one attached hydrogen (secondary N) is 3. The highest BCUT2D eigenvalue weighted by molar-refractivity contribution is 5.98. The quantitative estimate of drug-likeness (QED) is 0.681. The van der Waals surface area contributed by atoms with Crippen LogP contribution in [0.25, 0.3) is 0 Å². The van der Waals surface area contributed by atoms with E-state index >= 15 is 0 Å². The van der Waals surface area contributed by atoms with E-state index in [9.17, 15) is 14.4 Å². The van der Waals surface area contributed by atoms with E-state index in [0.29, 0.717) is 24.3 Å². The fourth-order valence-electron chi connectivity index (χ4n) is 4.20. The van der Waals surface area contributed by atoms with Gasteiger partial charge in [-0.1, -0.05) is 6.07 Å². The third kappa shape index (κ3) is 5.15. The lowest BCUT2D eigenvalue weighted by atomic mass is 9.97. The van der Waals surface area contributed by atoms with Crippen molar-refractivity contribution in [1.82, 2.24) is 15.5 Å². The second-order valence-electron chi connectivity index (χ2n) is 8.50. The Balaban J connectivity index is 1.31. The van der Waals surface area contributed by atoms with E-state index < -0.39 is 0 Å². The van der Waals surface area contributed by atoms with Crippen LogP contribution in [0.15, 0.2) is 24.3 Å². The fourth-order valence-corrected chi connectivity index (χ4v) is 4.20. The number of amides is 3. The predicted molar refractivity (Wildman–Crippen MR) is 110 cm³/mol. The number of likely N-dealkylation sites (tertiary alicyclic amines) is 1. The summed E-state index contributed by atoms with van der Waals surface area (Å²) >= 11 is 0. The Morgan fingerprint density at radius 2 is 1.93 bits per heavy atom. The molecule has 2 unspecified atom stereocenters. The summed E-state index contributed by atoms with van der Waals surface area (Å²) in [6.07, 6.45) is 5.80. The Bertz CT molecular complexity index is 771. The lowest BCUT2D eigenvalue weighted by Gasteiger charge is -2.33. The average Bonchev–Trinajstić information content (AvgIpc) is 3.46. The molecule has 29 heavy (non-hydrogen) atoms. The minimum Gasteiger partial charge on any atom is -0.354 e. The molecule has 0 aromatic heterocycles. The maximum Gasteiger partial charge on any atom is 0.253 e. The van der Waals surface area contributed by atoms with Gasteiger partial charge in [0, 0.05) is 36.8 Å². The minimum atomic E-state index is -0.0649. The Morgan fingerprint density at radius 3 is 2.69 bits per heavy atom. The van der Waals surface area contributed by atoms with Gasteiger partial charge < -0.3 is 20.9 Å². The molecular formula is C22H30N4O3. The zero-order valence-corrected chi connectivity index (χ0v) is 16.8. The van der Waals surface area contributed by atoms with Gasteiger partial charge in [-0.25, -0.2) is 0 Å². The maximum atomic E-state index is 13.0. The summed E-state index contributed by atoms with van der Waals surface area (Å²) in [5, 5.41) is 9.18. The summed E-state index contributed by atoms with van der Waals surface area (Å²) in [5.41, 5.74) is 1.27. The van der Waals surface area contributed by atoms with Gasteiger partial charge in [-0.05, 0) is 69.2 Å². The Morgan fingerprint density at radius 1 is 1.07 bits per heavy atom. The highest BCUT2D eigenvalue weighted by atomic mass is 16.2. The van der Waals surface area contributed by atoms with Crippen molar-refractivity contribution in [3.05, 3.63) is 29.8 Å². The van der Waals surface area contributed by atoms with Crippen LogP contribution in [0.5, 0.6) is 0 Å². The summed E-state index contributed by atoms with van der Waals surface area (Å²) in [6, 6.07) is 7.13. The topological polar surface area (TPSA) is 90.5 Å². The summed E-state index contributed by atoms with van der Waals surface area (Å²) in [6.45, 7) is 2.89. The largest absolute Gasteiger partial charge is 0.354 e. The smallest absolute Gasteiger partial charge is 0.253 e. The van der Waals surface area contributed by atoms with Gasteiger partial charge in [0.2, 0.25) is 11.8 Å². The van der Waals surface area contributed by atoms with Crippen LogP contribution in [-0.2, 0) is 9.59 Å². The van der Waals surface area contributed by atoms with Crippen molar-refractivity contribution < 1.29 is 14.4 Å². The molecule has 4 rings (SSSR count). The molecule has 0 radical (unpaired) electrons. The van der Waals surface area contributed by atoms with Crippen LogP contribution in [-0.4, -0.2) is 54.8 Å². The molecule has 0 bridgehead atoms. The summed E-state index contributed by atoms with van der Waals surface area (Å²) < 4.78 is 0. The molecule has 0 spiro atoms. The standard InChI is InChI=1S/C22H30N4O3/c27-20(16-8-9-16)25-18-6-1-5-17(12-18)22(29)26-11-3-4-15(14-26)13-24-21(28)19-7-2-10-23-19/h1,5-6,12,15-16,19,23H,2-4,7-11,13-14H2,(H,24,28)(H,25,27). The third-order valence-electron chi connectivity index (χ3n) is 6.07. The van der Waals surface area contributed by atoms with Crippen molar-refractivity contribution in [2.75, 3.05) is 31.5 Å². The number of hydrogen-bond donors (Lipinski definition) is 3. The first-order chi connectivity index (χ1) is 14.1. The Labute approximate surface area is 171 Å². The second-order valence-corrected chi connectivity index (χ2v) is 8.50. The maximum absolute atomic E-state index is 13.0. The first-order valence-electron chi connectivity index (χ1n) is 10.8. The normalized spacial score (nSPS) is 24.2. The van der Waals surface area contributed by atoms with E-state index in [1.165, 1.54) is 0 Å².